The minimum absolute atomic E-state index is 0.0191. The number of amides is 1. The van der Waals surface area contributed by atoms with Gasteiger partial charge < -0.3 is 19.4 Å². The van der Waals surface area contributed by atoms with E-state index in [-0.39, 0.29) is 17.9 Å². The molecule has 7 nitrogen and oxygen atoms in total. The van der Waals surface area contributed by atoms with Gasteiger partial charge >= 0.3 is 0 Å². The molecule has 1 aromatic rings. The number of piperidine rings is 2. The van der Waals surface area contributed by atoms with E-state index in [0.29, 0.717) is 12.4 Å². The SMILES string of the molecule is CN1CCC[C@@H](C(=O)N2CCC[C@H](Oc3nccnc3N(C)C)C2)C1. The van der Waals surface area contributed by atoms with Crippen LogP contribution in [0.2, 0.25) is 0 Å². The van der Waals surface area contributed by atoms with Crippen LogP contribution in [0.4, 0.5) is 5.82 Å². The van der Waals surface area contributed by atoms with Crippen LogP contribution in [0, 0.1) is 5.92 Å². The lowest BCUT2D eigenvalue weighted by molar-refractivity contribution is -0.139. The molecule has 3 rings (SSSR count). The minimum atomic E-state index is -0.0191. The third kappa shape index (κ3) is 4.39. The van der Waals surface area contributed by atoms with E-state index in [2.05, 4.69) is 21.9 Å². The van der Waals surface area contributed by atoms with Gasteiger partial charge in [-0.2, -0.15) is 0 Å². The number of carbonyl (C=O) groups excluding carboxylic acids is 1. The molecule has 2 aliphatic heterocycles. The van der Waals surface area contributed by atoms with Gasteiger partial charge in [0.25, 0.3) is 5.88 Å². The third-order valence-electron chi connectivity index (χ3n) is 5.01. The second-order valence-electron chi connectivity index (χ2n) is 7.35. The van der Waals surface area contributed by atoms with E-state index in [1.54, 1.807) is 12.4 Å². The lowest BCUT2D eigenvalue weighted by Gasteiger charge is -2.37. The van der Waals surface area contributed by atoms with E-state index >= 15 is 0 Å². The molecule has 2 fully saturated rings. The largest absolute Gasteiger partial charge is 0.470 e. The second kappa shape index (κ2) is 7.99. The highest BCUT2D eigenvalue weighted by atomic mass is 16.5. The molecule has 0 aromatic carbocycles. The van der Waals surface area contributed by atoms with Crippen LogP contribution < -0.4 is 9.64 Å². The molecule has 0 spiro atoms. The van der Waals surface area contributed by atoms with Gasteiger partial charge in [-0.15, -0.1) is 0 Å². The predicted octanol–water partition coefficient (Wildman–Crippen LogP) is 1.25. The minimum Gasteiger partial charge on any atom is -0.470 e. The highest BCUT2D eigenvalue weighted by Gasteiger charge is 2.32. The van der Waals surface area contributed by atoms with Crippen molar-refractivity contribution in [3.05, 3.63) is 12.4 Å². The summed E-state index contributed by atoms with van der Waals surface area (Å²) in [5, 5.41) is 0. The van der Waals surface area contributed by atoms with Gasteiger partial charge in [-0.25, -0.2) is 9.97 Å². The van der Waals surface area contributed by atoms with Gasteiger partial charge in [0.2, 0.25) is 5.91 Å². The molecule has 1 amide bonds. The Labute approximate surface area is 150 Å². The van der Waals surface area contributed by atoms with E-state index in [1.165, 1.54) is 0 Å². The molecule has 1 aromatic heterocycles. The van der Waals surface area contributed by atoms with Crippen molar-refractivity contribution in [2.24, 2.45) is 5.92 Å². The summed E-state index contributed by atoms with van der Waals surface area (Å²) in [4.78, 5) is 27.7. The highest BCUT2D eigenvalue weighted by molar-refractivity contribution is 5.79. The first-order valence-electron chi connectivity index (χ1n) is 9.17. The monoisotopic (exact) mass is 347 g/mol. The predicted molar refractivity (Wildman–Crippen MR) is 96.8 cm³/mol. The summed E-state index contributed by atoms with van der Waals surface area (Å²) in [5.74, 6) is 1.68. The Morgan fingerprint density at radius 1 is 1.16 bits per heavy atom. The Morgan fingerprint density at radius 2 is 1.92 bits per heavy atom. The summed E-state index contributed by atoms with van der Waals surface area (Å²) in [7, 11) is 5.94. The summed E-state index contributed by atoms with van der Waals surface area (Å²) in [6, 6.07) is 0. The first-order chi connectivity index (χ1) is 12.0. The molecular weight excluding hydrogens is 318 g/mol. The molecule has 0 aliphatic carbocycles. The van der Waals surface area contributed by atoms with Crippen molar-refractivity contribution in [2.45, 2.75) is 31.8 Å². The molecule has 2 saturated heterocycles. The van der Waals surface area contributed by atoms with Crippen molar-refractivity contribution in [3.63, 3.8) is 0 Å². The topological polar surface area (TPSA) is 61.8 Å². The van der Waals surface area contributed by atoms with Crippen molar-refractivity contribution in [1.82, 2.24) is 19.8 Å². The van der Waals surface area contributed by atoms with Crippen LogP contribution >= 0.6 is 0 Å². The van der Waals surface area contributed by atoms with Crippen LogP contribution in [-0.2, 0) is 4.79 Å². The molecule has 0 bridgehead atoms. The average Bonchev–Trinajstić information content (AvgIpc) is 2.61. The van der Waals surface area contributed by atoms with Crippen molar-refractivity contribution >= 4 is 11.7 Å². The standard InChI is InChI=1S/C18H29N5O2/c1-21(2)16-17(20-9-8-19-16)25-15-7-5-11-23(13-15)18(24)14-6-4-10-22(3)12-14/h8-9,14-15H,4-7,10-13H2,1-3H3/t14-,15+/m1/s1. The van der Waals surface area contributed by atoms with Gasteiger partial charge in [0.05, 0.1) is 12.5 Å². The summed E-state index contributed by atoms with van der Waals surface area (Å²) in [6.07, 6.45) is 7.31. The Kier molecular flexibility index (Phi) is 5.73. The van der Waals surface area contributed by atoms with Crippen molar-refractivity contribution in [1.29, 1.82) is 0 Å². The fraction of sp³-hybridized carbons (Fsp3) is 0.722. The van der Waals surface area contributed by atoms with Crippen LogP contribution in [0.3, 0.4) is 0 Å². The zero-order chi connectivity index (χ0) is 17.8. The zero-order valence-corrected chi connectivity index (χ0v) is 15.5. The van der Waals surface area contributed by atoms with E-state index in [1.807, 2.05) is 23.9 Å². The van der Waals surface area contributed by atoms with Gasteiger partial charge in [0.1, 0.15) is 6.10 Å². The van der Waals surface area contributed by atoms with Crippen LogP contribution in [-0.4, -0.2) is 79.1 Å². The molecule has 2 atom stereocenters. The number of nitrogens with zero attached hydrogens (tertiary/aromatic N) is 5. The number of hydrogen-bond acceptors (Lipinski definition) is 6. The van der Waals surface area contributed by atoms with E-state index in [9.17, 15) is 4.79 Å². The number of anilines is 1. The lowest BCUT2D eigenvalue weighted by atomic mass is 9.95. The summed E-state index contributed by atoms with van der Waals surface area (Å²) in [5.41, 5.74) is 0. The Bertz CT molecular complexity index is 595. The first-order valence-corrected chi connectivity index (χ1v) is 9.17. The lowest BCUT2D eigenvalue weighted by Crippen LogP contribution is -2.49. The second-order valence-corrected chi connectivity index (χ2v) is 7.35. The fourth-order valence-corrected chi connectivity index (χ4v) is 3.73. The molecule has 7 heteroatoms. The molecule has 138 valence electrons. The molecule has 0 unspecified atom stereocenters. The molecular formula is C18H29N5O2. The van der Waals surface area contributed by atoms with E-state index in [4.69, 9.17) is 4.74 Å². The first kappa shape index (κ1) is 17.9. The van der Waals surface area contributed by atoms with Crippen molar-refractivity contribution in [2.75, 3.05) is 52.2 Å². The highest BCUT2D eigenvalue weighted by Crippen LogP contribution is 2.25. The summed E-state index contributed by atoms with van der Waals surface area (Å²) in [6.45, 7) is 3.44. The number of likely N-dealkylation sites (tertiary alicyclic amines) is 2. The normalized spacial score (nSPS) is 24.8. The molecule has 0 N–H and O–H groups in total. The maximum absolute atomic E-state index is 12.9. The van der Waals surface area contributed by atoms with Crippen molar-refractivity contribution in [3.8, 4) is 5.88 Å². The van der Waals surface area contributed by atoms with Crippen LogP contribution in [0.25, 0.3) is 0 Å². The van der Waals surface area contributed by atoms with Crippen LogP contribution in [0.5, 0.6) is 5.88 Å². The molecule has 3 heterocycles. The maximum Gasteiger partial charge on any atom is 0.257 e. The summed E-state index contributed by atoms with van der Waals surface area (Å²) >= 11 is 0. The molecule has 0 saturated carbocycles. The van der Waals surface area contributed by atoms with E-state index in [0.717, 1.165) is 51.1 Å². The number of ether oxygens (including phenoxy) is 1. The maximum atomic E-state index is 12.9. The Balaban J connectivity index is 1.62. The number of carbonyl (C=O) groups is 1. The number of hydrogen-bond donors (Lipinski definition) is 0. The van der Waals surface area contributed by atoms with Crippen molar-refractivity contribution < 1.29 is 9.53 Å². The summed E-state index contributed by atoms with van der Waals surface area (Å²) < 4.78 is 6.12. The van der Waals surface area contributed by atoms with Gasteiger partial charge in [-0.05, 0) is 39.3 Å². The Hall–Kier alpha value is -1.89. The number of rotatable bonds is 4. The van der Waals surface area contributed by atoms with E-state index < -0.39 is 0 Å². The average molecular weight is 347 g/mol. The van der Waals surface area contributed by atoms with Gasteiger partial charge in [-0.3, -0.25) is 4.79 Å². The quantitative estimate of drug-likeness (QED) is 0.817. The third-order valence-corrected chi connectivity index (χ3v) is 5.01. The molecule has 2 aliphatic rings. The van der Waals surface area contributed by atoms with Crippen LogP contribution in [0.1, 0.15) is 25.7 Å². The molecule has 0 radical (unpaired) electrons. The van der Waals surface area contributed by atoms with Gasteiger partial charge in [-0.1, -0.05) is 0 Å². The zero-order valence-electron chi connectivity index (χ0n) is 15.5. The van der Waals surface area contributed by atoms with Crippen LogP contribution in [0.15, 0.2) is 12.4 Å². The Morgan fingerprint density at radius 3 is 2.68 bits per heavy atom. The molecule has 25 heavy (non-hydrogen) atoms. The van der Waals surface area contributed by atoms with Gasteiger partial charge in [0.15, 0.2) is 5.82 Å². The number of aromatic nitrogens is 2. The fourth-order valence-electron chi connectivity index (χ4n) is 3.73. The van der Waals surface area contributed by atoms with Gasteiger partial charge in [0, 0.05) is 39.6 Å². The smallest absolute Gasteiger partial charge is 0.257 e.